The van der Waals surface area contributed by atoms with Crippen molar-refractivity contribution in [2.45, 2.75) is 6.92 Å². The molecule has 0 aromatic heterocycles. The smallest absolute Gasteiger partial charge is 0.360 e. The van der Waals surface area contributed by atoms with Gasteiger partial charge in [0.05, 0.1) is 12.7 Å². The molecule has 0 amide bonds. The van der Waals surface area contributed by atoms with Gasteiger partial charge in [0.25, 0.3) is 0 Å². The molecule has 0 atom stereocenters. The Balaban J connectivity index is 2.41. The van der Waals surface area contributed by atoms with Gasteiger partial charge in [0, 0.05) is 0 Å². The maximum Gasteiger partial charge on any atom is 0.360 e. The topological polar surface area (TPSA) is 57.1 Å². The average molecular weight is 299 g/mol. The van der Waals surface area contributed by atoms with Crippen molar-refractivity contribution in [3.8, 4) is 11.5 Å². The first-order valence-corrected chi connectivity index (χ1v) is 6.69. The third-order valence-corrected chi connectivity index (χ3v) is 2.92. The minimum Gasteiger partial charge on any atom is -0.464 e. The van der Waals surface area contributed by atoms with Crippen LogP contribution in [0.25, 0.3) is 0 Å². The maximum absolute atomic E-state index is 11.9. The lowest BCUT2D eigenvalue weighted by molar-refractivity contribution is -0.132. The molecule has 0 aliphatic rings. The van der Waals surface area contributed by atoms with E-state index in [2.05, 4.69) is 5.16 Å². The van der Waals surface area contributed by atoms with E-state index in [1.54, 1.807) is 18.2 Å². The fourth-order valence-electron chi connectivity index (χ4n) is 1.94. The van der Waals surface area contributed by atoms with Gasteiger partial charge in [-0.05, 0) is 36.8 Å². The van der Waals surface area contributed by atoms with Gasteiger partial charge < -0.3 is 14.3 Å². The summed E-state index contributed by atoms with van der Waals surface area (Å²) < 4.78 is 10.6. The van der Waals surface area contributed by atoms with Crippen molar-refractivity contribution in [1.82, 2.24) is 0 Å². The zero-order valence-corrected chi connectivity index (χ0v) is 12.7. The third-order valence-electron chi connectivity index (χ3n) is 2.92. The summed E-state index contributed by atoms with van der Waals surface area (Å²) in [6.45, 7) is 1.98. The van der Waals surface area contributed by atoms with E-state index in [0.717, 1.165) is 5.56 Å². The summed E-state index contributed by atoms with van der Waals surface area (Å²) in [6.07, 6.45) is 0. The van der Waals surface area contributed by atoms with E-state index < -0.39 is 5.97 Å². The van der Waals surface area contributed by atoms with Crippen LogP contribution >= 0.6 is 0 Å². The number of aryl methyl sites for hydroxylation is 1. The fraction of sp³-hybridized carbons (Fsp3) is 0.176. The molecule has 2 rings (SSSR count). The van der Waals surface area contributed by atoms with Crippen LogP contribution in [-0.2, 0) is 14.4 Å². The van der Waals surface area contributed by atoms with Crippen LogP contribution in [0, 0.1) is 6.92 Å². The average Bonchev–Trinajstić information content (AvgIpc) is 2.53. The standard InChI is InChI=1S/C17H17NO4/c1-12-7-6-8-13(11-12)22-15-10-5-4-9-14(15)16(18-21-3)17(19)20-2/h4-11H,1-3H3/b18-16+. The molecular weight excluding hydrogens is 282 g/mol. The van der Waals surface area contributed by atoms with Gasteiger partial charge in [0.1, 0.15) is 18.6 Å². The zero-order chi connectivity index (χ0) is 15.9. The van der Waals surface area contributed by atoms with Crippen LogP contribution in [-0.4, -0.2) is 25.9 Å². The van der Waals surface area contributed by atoms with Gasteiger partial charge in [-0.25, -0.2) is 4.79 Å². The predicted molar refractivity (Wildman–Crippen MR) is 83.3 cm³/mol. The highest BCUT2D eigenvalue weighted by Gasteiger charge is 2.20. The van der Waals surface area contributed by atoms with Gasteiger partial charge in [0.2, 0.25) is 0 Å². The van der Waals surface area contributed by atoms with E-state index in [9.17, 15) is 4.79 Å². The van der Waals surface area contributed by atoms with Gasteiger partial charge in [-0.1, -0.05) is 29.4 Å². The van der Waals surface area contributed by atoms with Crippen LogP contribution < -0.4 is 4.74 Å². The van der Waals surface area contributed by atoms with E-state index in [1.165, 1.54) is 14.2 Å². The molecule has 5 heteroatoms. The Hall–Kier alpha value is -2.82. The highest BCUT2D eigenvalue weighted by atomic mass is 16.6. The van der Waals surface area contributed by atoms with E-state index in [0.29, 0.717) is 17.1 Å². The molecule has 0 bridgehead atoms. The molecule has 0 fully saturated rings. The maximum atomic E-state index is 11.9. The molecule has 2 aromatic carbocycles. The predicted octanol–water partition coefficient (Wildman–Crippen LogP) is 3.31. The number of hydrogen-bond donors (Lipinski definition) is 0. The van der Waals surface area contributed by atoms with Gasteiger partial charge in [0.15, 0.2) is 5.71 Å². The second-order valence-electron chi connectivity index (χ2n) is 4.53. The molecule has 0 unspecified atom stereocenters. The molecule has 2 aromatic rings. The number of ether oxygens (including phenoxy) is 2. The molecule has 5 nitrogen and oxygen atoms in total. The van der Waals surface area contributed by atoms with Crippen LogP contribution in [0.2, 0.25) is 0 Å². The summed E-state index contributed by atoms with van der Waals surface area (Å²) in [5.74, 6) is 0.575. The van der Waals surface area contributed by atoms with Crippen LogP contribution in [0.3, 0.4) is 0 Å². The molecule has 0 radical (unpaired) electrons. The fourth-order valence-corrected chi connectivity index (χ4v) is 1.94. The summed E-state index contributed by atoms with van der Waals surface area (Å²) in [5, 5.41) is 3.75. The van der Waals surface area contributed by atoms with Gasteiger partial charge >= 0.3 is 5.97 Å². The molecule has 0 aliphatic carbocycles. The van der Waals surface area contributed by atoms with Crippen LogP contribution in [0.15, 0.2) is 53.7 Å². The van der Waals surface area contributed by atoms with E-state index in [1.807, 2.05) is 37.3 Å². The summed E-state index contributed by atoms with van der Waals surface area (Å²) >= 11 is 0. The number of esters is 1. The lowest BCUT2D eigenvalue weighted by Gasteiger charge is -2.12. The first-order valence-electron chi connectivity index (χ1n) is 6.69. The minimum atomic E-state index is -0.595. The van der Waals surface area contributed by atoms with Crippen molar-refractivity contribution in [2.75, 3.05) is 14.2 Å². The molecule has 0 saturated carbocycles. The Labute approximate surface area is 129 Å². The number of methoxy groups -OCH3 is 1. The lowest BCUT2D eigenvalue weighted by Crippen LogP contribution is -2.18. The van der Waals surface area contributed by atoms with Gasteiger partial charge in [-0.2, -0.15) is 0 Å². The second-order valence-corrected chi connectivity index (χ2v) is 4.53. The summed E-state index contributed by atoms with van der Waals surface area (Å²) in [7, 11) is 2.66. The van der Waals surface area contributed by atoms with E-state index in [-0.39, 0.29) is 5.71 Å². The molecule has 0 N–H and O–H groups in total. The number of hydrogen-bond acceptors (Lipinski definition) is 5. The minimum absolute atomic E-state index is 0.0493. The van der Waals surface area contributed by atoms with Gasteiger partial charge in [-0.15, -0.1) is 0 Å². The van der Waals surface area contributed by atoms with E-state index in [4.69, 9.17) is 14.3 Å². The lowest BCUT2D eigenvalue weighted by atomic mass is 10.1. The van der Waals surface area contributed by atoms with Crippen molar-refractivity contribution in [1.29, 1.82) is 0 Å². The molecule has 0 spiro atoms. The SMILES string of the molecule is CO/N=C(/C(=O)OC)c1ccccc1Oc1cccc(C)c1. The highest BCUT2D eigenvalue weighted by molar-refractivity contribution is 6.43. The van der Waals surface area contributed by atoms with Crippen molar-refractivity contribution in [3.05, 3.63) is 59.7 Å². The summed E-state index contributed by atoms with van der Waals surface area (Å²) in [6, 6.07) is 14.7. The van der Waals surface area contributed by atoms with Crippen molar-refractivity contribution in [3.63, 3.8) is 0 Å². The molecule has 22 heavy (non-hydrogen) atoms. The number of carbonyl (C=O) groups is 1. The number of oxime groups is 1. The van der Waals surface area contributed by atoms with Crippen LogP contribution in [0.4, 0.5) is 0 Å². The van der Waals surface area contributed by atoms with Crippen molar-refractivity contribution in [2.24, 2.45) is 5.16 Å². The van der Waals surface area contributed by atoms with Crippen molar-refractivity contribution < 1.29 is 19.1 Å². The number of nitrogens with zero attached hydrogens (tertiary/aromatic N) is 1. The normalized spacial score (nSPS) is 11.0. The quantitative estimate of drug-likeness (QED) is 0.483. The molecule has 0 saturated heterocycles. The largest absolute Gasteiger partial charge is 0.464 e. The number of para-hydroxylation sites is 1. The third kappa shape index (κ3) is 3.63. The summed E-state index contributed by atoms with van der Waals surface area (Å²) in [5.41, 5.74) is 1.62. The number of rotatable bonds is 5. The molecular formula is C17H17NO4. The Morgan fingerprint density at radius 1 is 1.05 bits per heavy atom. The Morgan fingerprint density at radius 2 is 1.82 bits per heavy atom. The first-order chi connectivity index (χ1) is 10.7. The Morgan fingerprint density at radius 3 is 2.50 bits per heavy atom. The second kappa shape index (κ2) is 7.26. The highest BCUT2D eigenvalue weighted by Crippen LogP contribution is 2.26. The molecule has 114 valence electrons. The first kappa shape index (κ1) is 15.6. The van der Waals surface area contributed by atoms with Gasteiger partial charge in [-0.3, -0.25) is 0 Å². The Kier molecular flexibility index (Phi) is 5.14. The molecule has 0 heterocycles. The van der Waals surface area contributed by atoms with Crippen LogP contribution in [0.5, 0.6) is 11.5 Å². The monoisotopic (exact) mass is 299 g/mol. The zero-order valence-electron chi connectivity index (χ0n) is 12.7. The van der Waals surface area contributed by atoms with Crippen LogP contribution in [0.1, 0.15) is 11.1 Å². The number of carbonyl (C=O) groups excluding carboxylic acids is 1. The number of benzene rings is 2. The Bertz CT molecular complexity index is 695. The molecule has 0 aliphatic heterocycles. The summed E-state index contributed by atoms with van der Waals surface area (Å²) in [4.78, 5) is 16.6. The van der Waals surface area contributed by atoms with E-state index >= 15 is 0 Å². The van der Waals surface area contributed by atoms with Crippen molar-refractivity contribution >= 4 is 11.7 Å².